The minimum Gasteiger partial charge on any atom is -0.507 e. The Labute approximate surface area is 110 Å². The van der Waals surface area contributed by atoms with Crippen LogP contribution in [0, 0.1) is 19.8 Å². The van der Waals surface area contributed by atoms with Crippen LogP contribution in [-0.2, 0) is 6.54 Å². The van der Waals surface area contributed by atoms with Crippen molar-refractivity contribution in [2.45, 2.75) is 52.5 Å². The Morgan fingerprint density at radius 3 is 2.33 bits per heavy atom. The summed E-state index contributed by atoms with van der Waals surface area (Å²) in [6, 6.07) is 4.16. The van der Waals surface area contributed by atoms with Crippen molar-refractivity contribution < 1.29 is 5.11 Å². The van der Waals surface area contributed by atoms with Gasteiger partial charge < -0.3 is 10.4 Å². The third-order valence-electron chi connectivity index (χ3n) is 4.04. The van der Waals surface area contributed by atoms with Gasteiger partial charge in [-0.3, -0.25) is 0 Å². The molecule has 1 aromatic rings. The molecule has 2 heteroatoms. The zero-order chi connectivity index (χ0) is 13.0. The number of rotatable bonds is 4. The van der Waals surface area contributed by atoms with Crippen molar-refractivity contribution in [2.24, 2.45) is 5.92 Å². The molecule has 0 radical (unpaired) electrons. The molecule has 0 spiro atoms. The summed E-state index contributed by atoms with van der Waals surface area (Å²) in [5, 5.41) is 13.3. The smallest absolute Gasteiger partial charge is 0.121 e. The van der Waals surface area contributed by atoms with Crippen LogP contribution in [0.5, 0.6) is 5.75 Å². The van der Waals surface area contributed by atoms with Gasteiger partial charge in [-0.05, 0) is 55.8 Å². The van der Waals surface area contributed by atoms with Gasteiger partial charge in [0.25, 0.3) is 0 Å². The summed E-state index contributed by atoms with van der Waals surface area (Å²) in [7, 11) is 0. The highest BCUT2D eigenvalue weighted by Gasteiger charge is 2.12. The molecular weight excluding hydrogens is 222 g/mol. The Morgan fingerprint density at radius 1 is 1.11 bits per heavy atom. The van der Waals surface area contributed by atoms with E-state index in [1.807, 2.05) is 13.8 Å². The summed E-state index contributed by atoms with van der Waals surface area (Å²) in [4.78, 5) is 0. The minimum absolute atomic E-state index is 0.436. The molecule has 0 heterocycles. The summed E-state index contributed by atoms with van der Waals surface area (Å²) in [6.07, 6.45) is 7.02. The Balaban J connectivity index is 1.82. The first-order valence-electron chi connectivity index (χ1n) is 7.16. The summed E-state index contributed by atoms with van der Waals surface area (Å²) in [5.74, 6) is 1.31. The number of hydrogen-bond donors (Lipinski definition) is 2. The van der Waals surface area contributed by atoms with Crippen LogP contribution in [0.3, 0.4) is 0 Å². The van der Waals surface area contributed by atoms with Gasteiger partial charge in [-0.2, -0.15) is 0 Å². The molecule has 0 amide bonds. The van der Waals surface area contributed by atoms with Crippen LogP contribution in [-0.4, -0.2) is 11.7 Å². The van der Waals surface area contributed by atoms with Gasteiger partial charge in [0.15, 0.2) is 0 Å². The zero-order valence-electron chi connectivity index (χ0n) is 11.6. The molecule has 2 rings (SSSR count). The summed E-state index contributed by atoms with van der Waals surface area (Å²) < 4.78 is 0. The third kappa shape index (κ3) is 3.49. The predicted octanol–water partition coefficient (Wildman–Crippen LogP) is 3.68. The first-order valence-corrected chi connectivity index (χ1v) is 7.16. The van der Waals surface area contributed by atoms with E-state index in [2.05, 4.69) is 17.4 Å². The van der Waals surface area contributed by atoms with Crippen molar-refractivity contribution in [2.75, 3.05) is 6.54 Å². The molecule has 0 aliphatic heterocycles. The van der Waals surface area contributed by atoms with Gasteiger partial charge in [0.05, 0.1) is 0 Å². The lowest BCUT2D eigenvalue weighted by Crippen LogP contribution is -2.24. The minimum atomic E-state index is 0.436. The predicted molar refractivity (Wildman–Crippen MR) is 75.9 cm³/mol. The van der Waals surface area contributed by atoms with Crippen molar-refractivity contribution in [3.8, 4) is 5.75 Å². The Hall–Kier alpha value is -1.02. The molecule has 1 aliphatic carbocycles. The zero-order valence-corrected chi connectivity index (χ0v) is 11.6. The number of aryl methyl sites for hydroxylation is 2. The second-order valence-corrected chi connectivity index (χ2v) is 5.71. The van der Waals surface area contributed by atoms with Crippen molar-refractivity contribution >= 4 is 0 Å². The molecule has 0 saturated heterocycles. The highest BCUT2D eigenvalue weighted by atomic mass is 16.3. The number of aromatic hydroxyl groups is 1. The fourth-order valence-corrected chi connectivity index (χ4v) is 2.96. The van der Waals surface area contributed by atoms with E-state index in [0.717, 1.165) is 30.1 Å². The monoisotopic (exact) mass is 247 g/mol. The van der Waals surface area contributed by atoms with Crippen LogP contribution in [0.25, 0.3) is 0 Å². The summed E-state index contributed by atoms with van der Waals surface area (Å²) >= 11 is 0. The molecule has 1 aliphatic rings. The third-order valence-corrected chi connectivity index (χ3v) is 4.04. The first-order chi connectivity index (χ1) is 8.66. The molecule has 1 aromatic carbocycles. The highest BCUT2D eigenvalue weighted by Crippen LogP contribution is 2.24. The number of phenols is 1. The lowest BCUT2D eigenvalue weighted by atomic mass is 9.89. The van der Waals surface area contributed by atoms with Gasteiger partial charge in [-0.15, -0.1) is 0 Å². The molecule has 100 valence electrons. The summed E-state index contributed by atoms with van der Waals surface area (Å²) in [5.41, 5.74) is 3.23. The van der Waals surface area contributed by atoms with Crippen LogP contribution >= 0.6 is 0 Å². The van der Waals surface area contributed by atoms with Crippen molar-refractivity contribution in [3.63, 3.8) is 0 Å². The lowest BCUT2D eigenvalue weighted by Gasteiger charge is -2.22. The van der Waals surface area contributed by atoms with Gasteiger partial charge in [0.2, 0.25) is 0 Å². The van der Waals surface area contributed by atoms with Crippen LogP contribution < -0.4 is 5.32 Å². The maximum Gasteiger partial charge on any atom is 0.121 e. The molecule has 0 bridgehead atoms. The Kier molecular flexibility index (Phi) is 4.65. The van der Waals surface area contributed by atoms with Gasteiger partial charge >= 0.3 is 0 Å². The number of nitrogens with one attached hydrogen (secondary N) is 1. The Morgan fingerprint density at radius 2 is 1.72 bits per heavy atom. The molecule has 1 fully saturated rings. The fraction of sp³-hybridized carbons (Fsp3) is 0.625. The highest BCUT2D eigenvalue weighted by molar-refractivity contribution is 5.42. The van der Waals surface area contributed by atoms with E-state index in [-0.39, 0.29) is 0 Å². The average Bonchev–Trinajstić information content (AvgIpc) is 2.37. The van der Waals surface area contributed by atoms with E-state index < -0.39 is 0 Å². The van der Waals surface area contributed by atoms with E-state index >= 15 is 0 Å². The first kappa shape index (κ1) is 13.4. The van der Waals surface area contributed by atoms with Gasteiger partial charge in [-0.1, -0.05) is 31.4 Å². The van der Waals surface area contributed by atoms with Crippen LogP contribution in [0.2, 0.25) is 0 Å². The molecule has 0 atom stereocenters. The quantitative estimate of drug-likeness (QED) is 0.850. The second kappa shape index (κ2) is 6.24. The largest absolute Gasteiger partial charge is 0.507 e. The average molecular weight is 247 g/mol. The van der Waals surface area contributed by atoms with Gasteiger partial charge in [0, 0.05) is 6.54 Å². The van der Waals surface area contributed by atoms with Crippen LogP contribution in [0.4, 0.5) is 0 Å². The molecule has 18 heavy (non-hydrogen) atoms. The molecule has 0 aromatic heterocycles. The SMILES string of the molecule is Cc1cc(CNCC2CCCCC2)cc(C)c1O. The number of hydrogen-bond acceptors (Lipinski definition) is 2. The fourth-order valence-electron chi connectivity index (χ4n) is 2.96. The van der Waals surface area contributed by atoms with Gasteiger partial charge in [0.1, 0.15) is 5.75 Å². The summed E-state index contributed by atoms with van der Waals surface area (Å²) in [6.45, 7) is 5.98. The van der Waals surface area contributed by atoms with Crippen LogP contribution in [0.15, 0.2) is 12.1 Å². The second-order valence-electron chi connectivity index (χ2n) is 5.71. The lowest BCUT2D eigenvalue weighted by molar-refractivity contribution is 0.342. The van der Waals surface area contributed by atoms with Crippen molar-refractivity contribution in [1.82, 2.24) is 5.32 Å². The molecule has 2 nitrogen and oxygen atoms in total. The van der Waals surface area contributed by atoms with Gasteiger partial charge in [-0.25, -0.2) is 0 Å². The molecule has 2 N–H and O–H groups in total. The maximum atomic E-state index is 9.74. The van der Waals surface area contributed by atoms with Crippen molar-refractivity contribution in [3.05, 3.63) is 28.8 Å². The molecular formula is C16H25NO. The normalized spacial score (nSPS) is 17.0. The van der Waals surface area contributed by atoms with E-state index in [4.69, 9.17) is 0 Å². The molecule has 0 unspecified atom stereocenters. The van der Waals surface area contributed by atoms with E-state index in [0.29, 0.717) is 5.75 Å². The standard InChI is InChI=1S/C16H25NO/c1-12-8-15(9-13(2)16(12)18)11-17-10-14-6-4-3-5-7-14/h8-9,14,17-18H,3-7,10-11H2,1-2H3. The topological polar surface area (TPSA) is 32.3 Å². The van der Waals surface area contributed by atoms with E-state index in [1.165, 1.54) is 37.7 Å². The molecule has 1 saturated carbocycles. The number of phenolic OH excluding ortho intramolecular Hbond substituents is 1. The maximum absolute atomic E-state index is 9.74. The van der Waals surface area contributed by atoms with Crippen LogP contribution in [0.1, 0.15) is 48.8 Å². The Bertz CT molecular complexity index is 371. The van der Waals surface area contributed by atoms with E-state index in [1.54, 1.807) is 0 Å². The number of benzene rings is 1. The van der Waals surface area contributed by atoms with Crippen molar-refractivity contribution in [1.29, 1.82) is 0 Å². The van der Waals surface area contributed by atoms with E-state index in [9.17, 15) is 5.11 Å².